The van der Waals surface area contributed by atoms with Crippen LogP contribution < -0.4 is 15.1 Å². The third kappa shape index (κ3) is 3.94. The predicted octanol–water partition coefficient (Wildman–Crippen LogP) is 2.97. The van der Waals surface area contributed by atoms with Crippen LogP contribution >= 0.6 is 11.6 Å². The second-order valence-corrected chi connectivity index (χ2v) is 6.55. The zero-order chi connectivity index (χ0) is 18.7. The zero-order valence-corrected chi connectivity index (χ0v) is 15.5. The maximum Gasteiger partial charge on any atom is 0.276 e. The van der Waals surface area contributed by atoms with E-state index in [9.17, 15) is 9.59 Å². The molecule has 1 N–H and O–H groups in total. The van der Waals surface area contributed by atoms with Gasteiger partial charge >= 0.3 is 0 Å². The lowest BCUT2D eigenvalue weighted by molar-refractivity contribution is -0.116. The van der Waals surface area contributed by atoms with E-state index in [-0.39, 0.29) is 16.6 Å². The van der Waals surface area contributed by atoms with Crippen LogP contribution in [0.4, 0.5) is 17.3 Å². The van der Waals surface area contributed by atoms with Gasteiger partial charge < -0.3 is 15.1 Å². The summed E-state index contributed by atoms with van der Waals surface area (Å²) in [5, 5.41) is 2.98. The van der Waals surface area contributed by atoms with E-state index < -0.39 is 5.91 Å². The number of nitrogens with zero attached hydrogens (tertiary/aromatic N) is 4. The van der Waals surface area contributed by atoms with Gasteiger partial charge in [-0.25, -0.2) is 9.97 Å². The van der Waals surface area contributed by atoms with Crippen LogP contribution in [-0.2, 0) is 4.79 Å². The van der Waals surface area contributed by atoms with Gasteiger partial charge in [-0.15, -0.1) is 0 Å². The Kier molecular flexibility index (Phi) is 5.37. The van der Waals surface area contributed by atoms with Crippen LogP contribution in [0.2, 0.25) is 5.02 Å². The number of amides is 2. The zero-order valence-electron chi connectivity index (χ0n) is 14.7. The summed E-state index contributed by atoms with van der Waals surface area (Å²) < 4.78 is 0. The van der Waals surface area contributed by atoms with Gasteiger partial charge in [-0.3, -0.25) is 9.59 Å². The number of carbonyl (C=O) groups is 2. The number of benzene rings is 1. The molecule has 1 fully saturated rings. The van der Waals surface area contributed by atoms with Crippen LogP contribution in [0.3, 0.4) is 0 Å². The Balaban J connectivity index is 1.75. The summed E-state index contributed by atoms with van der Waals surface area (Å²) in [6.45, 7) is 3.26. The lowest BCUT2D eigenvalue weighted by Crippen LogP contribution is -2.23. The summed E-state index contributed by atoms with van der Waals surface area (Å²) in [4.78, 5) is 36.1. The van der Waals surface area contributed by atoms with E-state index in [0.717, 1.165) is 31.6 Å². The van der Waals surface area contributed by atoms with Crippen molar-refractivity contribution in [2.45, 2.75) is 19.8 Å². The quantitative estimate of drug-likeness (QED) is 0.891. The Morgan fingerprint density at radius 1 is 1.19 bits per heavy atom. The molecule has 0 unspecified atom stereocenters. The second kappa shape index (κ2) is 7.70. The maximum absolute atomic E-state index is 12.6. The molecule has 26 heavy (non-hydrogen) atoms. The molecule has 8 heteroatoms. The SMILES string of the molecule is CC(=O)N(C)c1ccc(NC(=O)c2nc(N3CCCC3)ncc2Cl)cc1. The van der Waals surface area contributed by atoms with Gasteiger partial charge in [0.25, 0.3) is 5.91 Å². The topological polar surface area (TPSA) is 78.4 Å². The molecule has 1 aromatic carbocycles. The molecule has 1 saturated heterocycles. The first-order valence-corrected chi connectivity index (χ1v) is 8.76. The molecule has 2 amide bonds. The van der Waals surface area contributed by atoms with E-state index in [4.69, 9.17) is 11.6 Å². The molecular formula is C18H20ClN5O2. The number of carbonyl (C=O) groups excluding carboxylic acids is 2. The van der Waals surface area contributed by atoms with Crippen molar-refractivity contribution in [3.8, 4) is 0 Å². The molecule has 0 atom stereocenters. The van der Waals surface area contributed by atoms with Crippen molar-refractivity contribution < 1.29 is 9.59 Å². The van der Waals surface area contributed by atoms with Crippen molar-refractivity contribution in [3.05, 3.63) is 41.2 Å². The molecule has 1 aromatic heterocycles. The molecule has 0 spiro atoms. The fourth-order valence-electron chi connectivity index (χ4n) is 2.73. The number of hydrogen-bond donors (Lipinski definition) is 1. The van der Waals surface area contributed by atoms with E-state index in [1.54, 1.807) is 31.3 Å². The number of hydrogen-bond acceptors (Lipinski definition) is 5. The van der Waals surface area contributed by atoms with Gasteiger partial charge in [0.15, 0.2) is 5.69 Å². The summed E-state index contributed by atoms with van der Waals surface area (Å²) in [6.07, 6.45) is 3.64. The molecule has 0 aliphatic carbocycles. The molecule has 0 saturated carbocycles. The van der Waals surface area contributed by atoms with E-state index in [0.29, 0.717) is 11.6 Å². The van der Waals surface area contributed by atoms with Crippen LogP contribution in [0.15, 0.2) is 30.5 Å². The summed E-state index contributed by atoms with van der Waals surface area (Å²) in [5.41, 5.74) is 1.48. The van der Waals surface area contributed by atoms with Crippen LogP contribution in [0.5, 0.6) is 0 Å². The van der Waals surface area contributed by atoms with E-state index in [2.05, 4.69) is 15.3 Å². The van der Waals surface area contributed by atoms with Crippen LogP contribution in [0.25, 0.3) is 0 Å². The van der Waals surface area contributed by atoms with Gasteiger partial charge in [0.05, 0.1) is 11.2 Å². The summed E-state index contributed by atoms with van der Waals surface area (Å²) in [7, 11) is 1.69. The van der Waals surface area contributed by atoms with Crippen molar-refractivity contribution in [2.24, 2.45) is 0 Å². The molecule has 1 aliphatic heterocycles. The molecule has 2 heterocycles. The molecule has 7 nitrogen and oxygen atoms in total. The number of aromatic nitrogens is 2. The van der Waals surface area contributed by atoms with Gasteiger partial charge in [0.1, 0.15) is 0 Å². The Morgan fingerprint density at radius 3 is 2.46 bits per heavy atom. The summed E-state index contributed by atoms with van der Waals surface area (Å²) >= 11 is 6.12. The Morgan fingerprint density at radius 2 is 1.85 bits per heavy atom. The summed E-state index contributed by atoms with van der Waals surface area (Å²) in [5.74, 6) is 0.0602. The third-order valence-electron chi connectivity index (χ3n) is 4.32. The maximum atomic E-state index is 12.6. The van der Waals surface area contributed by atoms with Crippen LogP contribution in [0.1, 0.15) is 30.3 Å². The van der Waals surface area contributed by atoms with Crippen molar-refractivity contribution in [1.29, 1.82) is 0 Å². The fourth-order valence-corrected chi connectivity index (χ4v) is 2.90. The fraction of sp³-hybridized carbons (Fsp3) is 0.333. The highest BCUT2D eigenvalue weighted by Gasteiger charge is 2.19. The minimum atomic E-state index is -0.398. The number of nitrogens with one attached hydrogen (secondary N) is 1. The van der Waals surface area contributed by atoms with Crippen molar-refractivity contribution >= 4 is 40.7 Å². The van der Waals surface area contributed by atoms with Crippen molar-refractivity contribution in [3.63, 3.8) is 0 Å². The van der Waals surface area contributed by atoms with Crippen LogP contribution in [-0.4, -0.2) is 41.9 Å². The van der Waals surface area contributed by atoms with Crippen molar-refractivity contribution in [1.82, 2.24) is 9.97 Å². The summed E-state index contributed by atoms with van der Waals surface area (Å²) in [6, 6.07) is 6.97. The van der Waals surface area contributed by atoms with Gasteiger partial charge in [0, 0.05) is 38.4 Å². The molecule has 0 radical (unpaired) electrons. The van der Waals surface area contributed by atoms with Gasteiger partial charge in [-0.05, 0) is 37.1 Å². The first-order chi connectivity index (χ1) is 12.5. The normalized spacial score (nSPS) is 13.6. The minimum Gasteiger partial charge on any atom is -0.341 e. The molecule has 3 rings (SSSR count). The lowest BCUT2D eigenvalue weighted by atomic mass is 10.2. The number of rotatable bonds is 4. The lowest BCUT2D eigenvalue weighted by Gasteiger charge is -2.16. The minimum absolute atomic E-state index is 0.0657. The smallest absolute Gasteiger partial charge is 0.276 e. The average molecular weight is 374 g/mol. The Labute approximate surface area is 157 Å². The predicted molar refractivity (Wildman–Crippen MR) is 102 cm³/mol. The van der Waals surface area contributed by atoms with Gasteiger partial charge in [-0.1, -0.05) is 11.6 Å². The highest BCUT2D eigenvalue weighted by Crippen LogP contribution is 2.22. The van der Waals surface area contributed by atoms with Gasteiger partial charge in [0.2, 0.25) is 11.9 Å². The monoisotopic (exact) mass is 373 g/mol. The van der Waals surface area contributed by atoms with Crippen molar-refractivity contribution in [2.75, 3.05) is 35.3 Å². The highest BCUT2D eigenvalue weighted by molar-refractivity contribution is 6.34. The average Bonchev–Trinajstić information content (AvgIpc) is 3.16. The molecule has 136 valence electrons. The first-order valence-electron chi connectivity index (χ1n) is 8.39. The second-order valence-electron chi connectivity index (χ2n) is 6.14. The largest absolute Gasteiger partial charge is 0.341 e. The molecule has 0 bridgehead atoms. The van der Waals surface area contributed by atoms with E-state index in [1.165, 1.54) is 18.0 Å². The standard InChI is InChI=1S/C18H20ClN5O2/c1-12(25)23(2)14-7-5-13(6-8-14)21-17(26)16-15(19)11-20-18(22-16)24-9-3-4-10-24/h5-8,11H,3-4,9-10H2,1-2H3,(H,21,26). The molecule has 1 aliphatic rings. The van der Waals surface area contributed by atoms with E-state index in [1.807, 2.05) is 4.90 Å². The number of halogens is 1. The van der Waals surface area contributed by atoms with E-state index >= 15 is 0 Å². The molecular weight excluding hydrogens is 354 g/mol. The number of anilines is 3. The highest BCUT2D eigenvalue weighted by atomic mass is 35.5. The Hall–Kier alpha value is -2.67. The van der Waals surface area contributed by atoms with Crippen LogP contribution in [0, 0.1) is 0 Å². The Bertz CT molecular complexity index is 819. The molecule has 2 aromatic rings. The third-order valence-corrected chi connectivity index (χ3v) is 4.60. The first kappa shape index (κ1) is 18.1. The van der Waals surface area contributed by atoms with Gasteiger partial charge in [-0.2, -0.15) is 0 Å².